The number of nitrogens with one attached hydrogen (secondary N) is 1. The minimum Gasteiger partial charge on any atom is -0.475 e. The van der Waals surface area contributed by atoms with Crippen molar-refractivity contribution in [1.29, 1.82) is 0 Å². The van der Waals surface area contributed by atoms with E-state index in [-0.39, 0.29) is 0 Å². The SMILES string of the molecule is CCOCCOc1ccc(CNC)cn1. The molecule has 4 nitrogen and oxygen atoms in total. The van der Waals surface area contributed by atoms with Crippen LogP contribution < -0.4 is 10.1 Å². The Labute approximate surface area is 90.6 Å². The van der Waals surface area contributed by atoms with E-state index in [2.05, 4.69) is 10.3 Å². The van der Waals surface area contributed by atoms with Gasteiger partial charge < -0.3 is 14.8 Å². The van der Waals surface area contributed by atoms with Crippen LogP contribution in [-0.2, 0) is 11.3 Å². The van der Waals surface area contributed by atoms with Crippen molar-refractivity contribution in [2.75, 3.05) is 26.9 Å². The first-order valence-electron chi connectivity index (χ1n) is 5.17. The summed E-state index contributed by atoms with van der Waals surface area (Å²) < 4.78 is 10.5. The zero-order valence-electron chi connectivity index (χ0n) is 9.32. The van der Waals surface area contributed by atoms with Crippen LogP contribution in [0.2, 0.25) is 0 Å². The van der Waals surface area contributed by atoms with Crippen LogP contribution in [0.4, 0.5) is 0 Å². The van der Waals surface area contributed by atoms with E-state index in [9.17, 15) is 0 Å². The van der Waals surface area contributed by atoms with Gasteiger partial charge in [0.1, 0.15) is 6.61 Å². The van der Waals surface area contributed by atoms with Crippen LogP contribution in [0.25, 0.3) is 0 Å². The monoisotopic (exact) mass is 210 g/mol. The maximum Gasteiger partial charge on any atom is 0.213 e. The molecule has 0 aliphatic heterocycles. The van der Waals surface area contributed by atoms with Crippen molar-refractivity contribution in [1.82, 2.24) is 10.3 Å². The average molecular weight is 210 g/mol. The lowest BCUT2D eigenvalue weighted by Crippen LogP contribution is -2.08. The Morgan fingerprint density at radius 2 is 2.20 bits per heavy atom. The summed E-state index contributed by atoms with van der Waals surface area (Å²) in [4.78, 5) is 4.18. The van der Waals surface area contributed by atoms with Gasteiger partial charge in [0.15, 0.2) is 0 Å². The van der Waals surface area contributed by atoms with Crippen LogP contribution >= 0.6 is 0 Å². The Morgan fingerprint density at radius 1 is 1.33 bits per heavy atom. The Hall–Kier alpha value is -1.13. The molecule has 0 radical (unpaired) electrons. The summed E-state index contributed by atoms with van der Waals surface area (Å²) in [7, 11) is 1.91. The van der Waals surface area contributed by atoms with Crippen molar-refractivity contribution in [2.45, 2.75) is 13.5 Å². The first-order chi connectivity index (χ1) is 7.36. The summed E-state index contributed by atoms with van der Waals surface area (Å²) in [5.41, 5.74) is 1.15. The van der Waals surface area contributed by atoms with E-state index in [4.69, 9.17) is 9.47 Å². The normalized spacial score (nSPS) is 10.3. The first-order valence-corrected chi connectivity index (χ1v) is 5.17. The zero-order valence-corrected chi connectivity index (χ0v) is 9.32. The van der Waals surface area contributed by atoms with Gasteiger partial charge in [0.2, 0.25) is 5.88 Å². The van der Waals surface area contributed by atoms with Gasteiger partial charge in [0.25, 0.3) is 0 Å². The van der Waals surface area contributed by atoms with Gasteiger partial charge in [-0.1, -0.05) is 6.07 Å². The molecule has 0 amide bonds. The van der Waals surface area contributed by atoms with Crippen molar-refractivity contribution in [2.24, 2.45) is 0 Å². The summed E-state index contributed by atoms with van der Waals surface area (Å²) >= 11 is 0. The van der Waals surface area contributed by atoms with E-state index in [1.807, 2.05) is 32.3 Å². The highest BCUT2D eigenvalue weighted by atomic mass is 16.5. The molecule has 1 aromatic heterocycles. The Morgan fingerprint density at radius 3 is 2.80 bits per heavy atom. The topological polar surface area (TPSA) is 43.4 Å². The average Bonchev–Trinajstić information content (AvgIpc) is 2.27. The van der Waals surface area contributed by atoms with Gasteiger partial charge in [0.05, 0.1) is 6.61 Å². The van der Waals surface area contributed by atoms with Crippen molar-refractivity contribution >= 4 is 0 Å². The molecule has 0 aliphatic carbocycles. The molecule has 0 aromatic carbocycles. The molecule has 1 aromatic rings. The number of nitrogens with zero attached hydrogens (tertiary/aromatic N) is 1. The molecule has 0 fully saturated rings. The quantitative estimate of drug-likeness (QED) is 0.687. The molecule has 0 aliphatic rings. The predicted octanol–water partition coefficient (Wildman–Crippen LogP) is 1.22. The molecule has 0 saturated heterocycles. The lowest BCUT2D eigenvalue weighted by Gasteiger charge is -2.05. The third-order valence-corrected chi connectivity index (χ3v) is 1.86. The van der Waals surface area contributed by atoms with Crippen molar-refractivity contribution in [3.05, 3.63) is 23.9 Å². The fraction of sp³-hybridized carbons (Fsp3) is 0.545. The third-order valence-electron chi connectivity index (χ3n) is 1.86. The van der Waals surface area contributed by atoms with Crippen LogP contribution in [0.15, 0.2) is 18.3 Å². The van der Waals surface area contributed by atoms with Crippen LogP contribution in [0, 0.1) is 0 Å². The van der Waals surface area contributed by atoms with Gasteiger partial charge in [-0.15, -0.1) is 0 Å². The maximum absolute atomic E-state index is 5.38. The molecule has 1 heterocycles. The van der Waals surface area contributed by atoms with Gasteiger partial charge in [0, 0.05) is 25.4 Å². The second-order valence-corrected chi connectivity index (χ2v) is 3.08. The van der Waals surface area contributed by atoms with E-state index < -0.39 is 0 Å². The molecule has 15 heavy (non-hydrogen) atoms. The van der Waals surface area contributed by atoms with Crippen LogP contribution in [0.1, 0.15) is 12.5 Å². The lowest BCUT2D eigenvalue weighted by atomic mass is 10.3. The lowest BCUT2D eigenvalue weighted by molar-refractivity contribution is 0.108. The minimum atomic E-state index is 0.548. The molecular formula is C11H18N2O2. The summed E-state index contributed by atoms with van der Waals surface area (Å²) in [5.74, 6) is 0.648. The number of pyridine rings is 1. The fourth-order valence-electron chi connectivity index (χ4n) is 1.15. The van der Waals surface area contributed by atoms with E-state index in [1.165, 1.54) is 0 Å². The predicted molar refractivity (Wildman–Crippen MR) is 59.0 cm³/mol. The summed E-state index contributed by atoms with van der Waals surface area (Å²) in [6.07, 6.45) is 1.81. The van der Waals surface area contributed by atoms with E-state index in [1.54, 1.807) is 0 Å². The highest BCUT2D eigenvalue weighted by molar-refractivity contribution is 5.17. The number of rotatable bonds is 7. The summed E-state index contributed by atoms with van der Waals surface area (Å²) in [5, 5.41) is 3.06. The maximum atomic E-state index is 5.38. The minimum absolute atomic E-state index is 0.548. The second kappa shape index (κ2) is 7.20. The molecule has 0 unspecified atom stereocenters. The molecule has 84 valence electrons. The molecule has 0 spiro atoms. The van der Waals surface area contributed by atoms with Gasteiger partial charge in [-0.2, -0.15) is 0 Å². The molecule has 1 rings (SSSR count). The molecule has 0 atom stereocenters. The standard InChI is InChI=1S/C11H18N2O2/c1-3-14-6-7-15-11-5-4-10(8-12-2)9-13-11/h4-5,9,12H,3,6-8H2,1-2H3. The molecule has 0 bridgehead atoms. The van der Waals surface area contributed by atoms with Crippen LogP contribution in [0.3, 0.4) is 0 Å². The second-order valence-electron chi connectivity index (χ2n) is 3.08. The third kappa shape index (κ3) is 4.76. The molecule has 4 heteroatoms. The number of hydrogen-bond donors (Lipinski definition) is 1. The Balaban J connectivity index is 2.29. The van der Waals surface area contributed by atoms with Crippen molar-refractivity contribution < 1.29 is 9.47 Å². The van der Waals surface area contributed by atoms with Gasteiger partial charge in [-0.3, -0.25) is 0 Å². The molecular weight excluding hydrogens is 192 g/mol. The number of hydrogen-bond acceptors (Lipinski definition) is 4. The van der Waals surface area contributed by atoms with Crippen LogP contribution in [0.5, 0.6) is 5.88 Å². The Bertz CT molecular complexity index is 262. The number of ether oxygens (including phenoxy) is 2. The van der Waals surface area contributed by atoms with E-state index in [0.29, 0.717) is 19.1 Å². The van der Waals surface area contributed by atoms with Crippen LogP contribution in [-0.4, -0.2) is 31.9 Å². The molecule has 0 saturated carbocycles. The largest absolute Gasteiger partial charge is 0.475 e. The van der Waals surface area contributed by atoms with Gasteiger partial charge in [-0.05, 0) is 19.5 Å². The first kappa shape index (κ1) is 11.9. The zero-order chi connectivity index (χ0) is 10.9. The van der Waals surface area contributed by atoms with Crippen molar-refractivity contribution in [3.63, 3.8) is 0 Å². The Kier molecular flexibility index (Phi) is 5.73. The fourth-order valence-corrected chi connectivity index (χ4v) is 1.15. The highest BCUT2D eigenvalue weighted by Gasteiger charge is 1.96. The highest BCUT2D eigenvalue weighted by Crippen LogP contribution is 2.06. The summed E-state index contributed by atoms with van der Waals surface area (Å²) in [6.45, 7) is 4.66. The van der Waals surface area contributed by atoms with E-state index >= 15 is 0 Å². The van der Waals surface area contributed by atoms with Gasteiger partial charge in [-0.25, -0.2) is 4.98 Å². The van der Waals surface area contributed by atoms with Gasteiger partial charge >= 0.3 is 0 Å². The smallest absolute Gasteiger partial charge is 0.213 e. The molecule has 1 N–H and O–H groups in total. The van der Waals surface area contributed by atoms with Crippen molar-refractivity contribution in [3.8, 4) is 5.88 Å². The summed E-state index contributed by atoms with van der Waals surface area (Å²) in [6, 6.07) is 3.87. The van der Waals surface area contributed by atoms with E-state index in [0.717, 1.165) is 18.7 Å². The number of aromatic nitrogens is 1.